The van der Waals surface area contributed by atoms with Gasteiger partial charge in [0.05, 0.1) is 5.75 Å². The van der Waals surface area contributed by atoms with Crippen LogP contribution in [0.3, 0.4) is 0 Å². The Morgan fingerprint density at radius 3 is 2.90 bits per heavy atom. The Morgan fingerprint density at radius 1 is 1.35 bits per heavy atom. The van der Waals surface area contributed by atoms with Gasteiger partial charge in [0, 0.05) is 10.8 Å². The van der Waals surface area contributed by atoms with Gasteiger partial charge in [-0.15, -0.1) is 11.8 Å². The molecule has 2 aromatic rings. The molecule has 0 aliphatic heterocycles. The second-order valence-electron chi connectivity index (χ2n) is 4.68. The summed E-state index contributed by atoms with van der Waals surface area (Å²) in [6.45, 7) is 0.161. The molecule has 0 radical (unpaired) electrons. The van der Waals surface area contributed by atoms with Crippen LogP contribution in [0.15, 0.2) is 35.2 Å². The van der Waals surface area contributed by atoms with Crippen LogP contribution < -0.4 is 0 Å². The average Bonchev–Trinajstić information content (AvgIpc) is 3.23. The van der Waals surface area contributed by atoms with Crippen LogP contribution >= 0.6 is 11.8 Å². The smallest absolute Gasteiger partial charge is 0.316 e. The molecule has 1 fully saturated rings. The van der Waals surface area contributed by atoms with Gasteiger partial charge in [0.25, 0.3) is 0 Å². The highest BCUT2D eigenvalue weighted by Crippen LogP contribution is 2.37. The van der Waals surface area contributed by atoms with Crippen molar-refractivity contribution < 1.29 is 9.53 Å². The summed E-state index contributed by atoms with van der Waals surface area (Å²) in [6.07, 6.45) is 2.32. The topological polar surface area (TPSA) is 67.9 Å². The van der Waals surface area contributed by atoms with Crippen molar-refractivity contribution in [2.75, 3.05) is 5.75 Å². The number of nitrogens with one attached hydrogen (secondary N) is 1. The Bertz CT molecular complexity index is 581. The third kappa shape index (κ3) is 3.60. The van der Waals surface area contributed by atoms with Crippen LogP contribution in [0.2, 0.25) is 0 Å². The Hall–Kier alpha value is -1.82. The number of hydrogen-bond acceptors (Lipinski definition) is 5. The predicted molar refractivity (Wildman–Crippen MR) is 75.3 cm³/mol. The minimum Gasteiger partial charge on any atom is -0.457 e. The van der Waals surface area contributed by atoms with Gasteiger partial charge in [-0.05, 0) is 25.0 Å². The molecule has 1 aliphatic rings. The zero-order valence-corrected chi connectivity index (χ0v) is 11.7. The molecule has 1 N–H and O–H groups in total. The Morgan fingerprint density at radius 2 is 2.15 bits per heavy atom. The van der Waals surface area contributed by atoms with E-state index in [0.29, 0.717) is 17.5 Å². The molecule has 104 valence electrons. The molecule has 0 unspecified atom stereocenters. The van der Waals surface area contributed by atoms with Crippen molar-refractivity contribution in [2.24, 2.45) is 0 Å². The maximum atomic E-state index is 11.6. The van der Waals surface area contributed by atoms with E-state index < -0.39 is 0 Å². The number of hydrogen-bond donors (Lipinski definition) is 1. The molecule has 6 heteroatoms. The van der Waals surface area contributed by atoms with Crippen LogP contribution in [-0.2, 0) is 16.1 Å². The first-order valence-electron chi connectivity index (χ1n) is 6.56. The van der Waals surface area contributed by atoms with Crippen molar-refractivity contribution >= 4 is 17.7 Å². The van der Waals surface area contributed by atoms with Gasteiger partial charge in [0.2, 0.25) is 0 Å². The Balaban J connectivity index is 1.42. The molecule has 0 amide bonds. The van der Waals surface area contributed by atoms with Crippen molar-refractivity contribution in [3.8, 4) is 0 Å². The number of aromatic amines is 1. The van der Waals surface area contributed by atoms with E-state index in [1.807, 2.05) is 30.3 Å². The minimum absolute atomic E-state index is 0.161. The second kappa shape index (κ2) is 6.09. The number of benzene rings is 1. The summed E-state index contributed by atoms with van der Waals surface area (Å²) in [5, 5.41) is 6.93. The lowest BCUT2D eigenvalue weighted by Gasteiger charge is -2.02. The molecule has 1 saturated carbocycles. The normalized spacial score (nSPS) is 14.2. The lowest BCUT2D eigenvalue weighted by Crippen LogP contribution is -2.08. The highest BCUT2D eigenvalue weighted by atomic mass is 32.2. The van der Waals surface area contributed by atoms with Crippen molar-refractivity contribution in [1.82, 2.24) is 15.2 Å². The summed E-state index contributed by atoms with van der Waals surface area (Å²) in [5.41, 5.74) is 0. The SMILES string of the molecule is O=C(CSc1ccccc1)OCc1nc(C2CC2)n[nH]1. The molecule has 20 heavy (non-hydrogen) atoms. The summed E-state index contributed by atoms with van der Waals surface area (Å²) in [5.74, 6) is 2.01. The molecular weight excluding hydrogens is 274 g/mol. The van der Waals surface area contributed by atoms with Crippen LogP contribution in [0.4, 0.5) is 0 Å². The average molecular weight is 289 g/mol. The third-order valence-electron chi connectivity index (χ3n) is 2.96. The maximum absolute atomic E-state index is 11.6. The summed E-state index contributed by atoms with van der Waals surface area (Å²) in [7, 11) is 0. The van der Waals surface area contributed by atoms with Crippen molar-refractivity contribution in [2.45, 2.75) is 30.3 Å². The van der Waals surface area contributed by atoms with Gasteiger partial charge in [0.15, 0.2) is 18.3 Å². The van der Waals surface area contributed by atoms with Gasteiger partial charge in [0.1, 0.15) is 0 Å². The zero-order chi connectivity index (χ0) is 13.8. The summed E-state index contributed by atoms with van der Waals surface area (Å²) in [4.78, 5) is 17.0. The standard InChI is InChI=1S/C14H15N3O2S/c18-13(9-20-11-4-2-1-3-5-11)19-8-12-15-14(17-16-12)10-6-7-10/h1-5,10H,6-9H2,(H,15,16,17). The predicted octanol–water partition coefficient (Wildman–Crippen LogP) is 2.52. The van der Waals surface area contributed by atoms with Crippen molar-refractivity contribution in [3.63, 3.8) is 0 Å². The zero-order valence-electron chi connectivity index (χ0n) is 10.9. The molecule has 0 atom stereocenters. The Kier molecular flexibility index (Phi) is 4.01. The lowest BCUT2D eigenvalue weighted by molar-refractivity contribution is -0.141. The fraction of sp³-hybridized carbons (Fsp3) is 0.357. The fourth-order valence-electron chi connectivity index (χ4n) is 1.75. The summed E-state index contributed by atoms with van der Waals surface area (Å²) in [6, 6.07) is 9.78. The van der Waals surface area contributed by atoms with Crippen LogP contribution in [0.5, 0.6) is 0 Å². The van der Waals surface area contributed by atoms with Gasteiger partial charge < -0.3 is 4.74 Å². The number of carbonyl (C=O) groups excluding carboxylic acids is 1. The minimum atomic E-state index is -0.247. The quantitative estimate of drug-likeness (QED) is 0.653. The van der Waals surface area contributed by atoms with E-state index in [2.05, 4.69) is 15.2 Å². The molecule has 1 heterocycles. The van der Waals surface area contributed by atoms with Crippen LogP contribution in [0.25, 0.3) is 0 Å². The molecule has 5 nitrogen and oxygen atoms in total. The number of esters is 1. The van der Waals surface area contributed by atoms with Crippen LogP contribution in [0, 0.1) is 0 Å². The van der Waals surface area contributed by atoms with Gasteiger partial charge in [-0.3, -0.25) is 9.89 Å². The van der Waals surface area contributed by atoms with E-state index in [9.17, 15) is 4.79 Å². The Labute approximate surface area is 121 Å². The van der Waals surface area contributed by atoms with Crippen LogP contribution in [0.1, 0.15) is 30.4 Å². The van der Waals surface area contributed by atoms with Crippen LogP contribution in [-0.4, -0.2) is 26.9 Å². The van der Waals surface area contributed by atoms with Gasteiger partial charge in [-0.1, -0.05) is 18.2 Å². The van der Waals surface area contributed by atoms with Gasteiger partial charge in [-0.2, -0.15) is 5.10 Å². The second-order valence-corrected chi connectivity index (χ2v) is 5.73. The highest BCUT2D eigenvalue weighted by molar-refractivity contribution is 8.00. The molecule has 3 rings (SSSR count). The number of thioether (sulfide) groups is 1. The number of aromatic nitrogens is 3. The monoisotopic (exact) mass is 289 g/mol. The summed E-state index contributed by atoms with van der Waals surface area (Å²) < 4.78 is 5.17. The van der Waals surface area contributed by atoms with E-state index in [1.165, 1.54) is 11.8 Å². The van der Waals surface area contributed by atoms with E-state index in [0.717, 1.165) is 23.6 Å². The molecule has 0 spiro atoms. The van der Waals surface area contributed by atoms with E-state index in [1.54, 1.807) is 0 Å². The largest absolute Gasteiger partial charge is 0.457 e. The van der Waals surface area contributed by atoms with E-state index in [4.69, 9.17) is 4.74 Å². The molecule has 1 aromatic heterocycles. The number of ether oxygens (including phenoxy) is 1. The molecule has 1 aromatic carbocycles. The van der Waals surface area contributed by atoms with Crippen molar-refractivity contribution in [1.29, 1.82) is 0 Å². The molecular formula is C14H15N3O2S. The fourth-order valence-corrected chi connectivity index (χ4v) is 2.47. The number of H-pyrrole nitrogens is 1. The number of carbonyl (C=O) groups is 1. The van der Waals surface area contributed by atoms with Gasteiger partial charge in [-0.25, -0.2) is 4.98 Å². The van der Waals surface area contributed by atoms with E-state index in [-0.39, 0.29) is 12.6 Å². The first-order chi connectivity index (χ1) is 9.81. The number of rotatable bonds is 6. The molecule has 1 aliphatic carbocycles. The highest BCUT2D eigenvalue weighted by Gasteiger charge is 2.27. The molecule has 0 saturated heterocycles. The summed E-state index contributed by atoms with van der Waals surface area (Å²) >= 11 is 1.46. The van der Waals surface area contributed by atoms with E-state index >= 15 is 0 Å². The third-order valence-corrected chi connectivity index (χ3v) is 3.95. The first-order valence-corrected chi connectivity index (χ1v) is 7.54. The van der Waals surface area contributed by atoms with Crippen molar-refractivity contribution in [3.05, 3.63) is 42.0 Å². The molecule has 0 bridgehead atoms. The maximum Gasteiger partial charge on any atom is 0.316 e. The number of nitrogens with zero attached hydrogens (tertiary/aromatic N) is 2. The van der Waals surface area contributed by atoms with Gasteiger partial charge >= 0.3 is 5.97 Å². The first kappa shape index (κ1) is 13.2. The lowest BCUT2D eigenvalue weighted by atomic mass is 10.4.